The molecule has 0 saturated heterocycles. The van der Waals surface area contributed by atoms with Crippen LogP contribution in [0.25, 0.3) is 11.0 Å². The van der Waals surface area contributed by atoms with Crippen molar-refractivity contribution in [2.45, 2.75) is 92.4 Å². The number of hydrogen-bond donors (Lipinski definition) is 2. The summed E-state index contributed by atoms with van der Waals surface area (Å²) in [6, 6.07) is 13.8. The summed E-state index contributed by atoms with van der Waals surface area (Å²) in [5.74, 6) is 0.335. The maximum absolute atomic E-state index is 13.3. The van der Waals surface area contributed by atoms with Crippen LogP contribution in [0.4, 0.5) is 0 Å². The van der Waals surface area contributed by atoms with Crippen molar-refractivity contribution < 1.29 is 28.4 Å². The lowest BCUT2D eigenvalue weighted by atomic mass is 9.93. The average molecular weight is 575 g/mol. The number of fused-ring (bicyclic) bond motifs is 1. The fourth-order valence-electron chi connectivity index (χ4n) is 5.27. The number of carboxylic acids is 1. The molecule has 4 aromatic rings. The zero-order valence-electron chi connectivity index (χ0n) is 25.8. The first-order valence-corrected chi connectivity index (χ1v) is 14.5. The molecule has 42 heavy (non-hydrogen) atoms. The number of rotatable bonds is 12. The number of nitrogens with zero attached hydrogens (tertiary/aromatic N) is 1. The Morgan fingerprint density at radius 2 is 1.76 bits per heavy atom. The van der Waals surface area contributed by atoms with Crippen molar-refractivity contribution in [2.75, 3.05) is 0 Å². The summed E-state index contributed by atoms with van der Waals surface area (Å²) in [6.07, 6.45) is 1.25. The maximum Gasteiger partial charge on any atom is 0.335 e. The number of aryl methyl sites for hydroxylation is 4. The Morgan fingerprint density at radius 3 is 2.38 bits per heavy atom. The van der Waals surface area contributed by atoms with Crippen LogP contribution in [-0.4, -0.2) is 27.7 Å². The van der Waals surface area contributed by atoms with Crippen LogP contribution in [0, 0.1) is 33.6 Å². The highest BCUT2D eigenvalue weighted by molar-refractivity contribution is 5.83. The van der Waals surface area contributed by atoms with E-state index in [9.17, 15) is 14.7 Å². The first kappa shape index (κ1) is 31.0. The molecule has 1 amide bonds. The van der Waals surface area contributed by atoms with Crippen LogP contribution in [0.5, 0.6) is 0 Å². The van der Waals surface area contributed by atoms with Gasteiger partial charge in [0.2, 0.25) is 5.91 Å². The second kappa shape index (κ2) is 12.5. The number of benzene rings is 2. The van der Waals surface area contributed by atoms with Crippen molar-refractivity contribution in [1.29, 1.82) is 0 Å². The first-order chi connectivity index (χ1) is 19.7. The molecular weight excluding hydrogens is 532 g/mol. The van der Waals surface area contributed by atoms with Crippen molar-refractivity contribution >= 4 is 22.8 Å². The molecular formula is C34H42N2O6. The predicted molar refractivity (Wildman–Crippen MR) is 161 cm³/mol. The number of aliphatic carboxylic acids is 1. The molecule has 2 aromatic carbocycles. The zero-order chi connectivity index (χ0) is 30.8. The Morgan fingerprint density at radius 1 is 1.02 bits per heavy atom. The highest BCUT2D eigenvalue weighted by Gasteiger charge is 2.37. The van der Waals surface area contributed by atoms with Gasteiger partial charge in [-0.3, -0.25) is 4.79 Å². The molecule has 2 aromatic heterocycles. The van der Waals surface area contributed by atoms with E-state index in [4.69, 9.17) is 13.7 Å². The average Bonchev–Trinajstić information content (AvgIpc) is 3.47. The van der Waals surface area contributed by atoms with Crippen LogP contribution in [0.1, 0.15) is 97.7 Å². The van der Waals surface area contributed by atoms with Crippen molar-refractivity contribution in [3.05, 3.63) is 87.5 Å². The van der Waals surface area contributed by atoms with E-state index in [1.807, 2.05) is 24.3 Å². The number of amides is 1. The lowest BCUT2D eigenvalue weighted by molar-refractivity contribution is -0.166. The van der Waals surface area contributed by atoms with Crippen LogP contribution < -0.4 is 5.32 Å². The minimum absolute atomic E-state index is 0.0491. The number of hydrogen-bond acceptors (Lipinski definition) is 6. The molecule has 0 spiro atoms. The molecule has 0 saturated carbocycles. The number of carboxylic acid groups (broad SMARTS) is 1. The summed E-state index contributed by atoms with van der Waals surface area (Å²) >= 11 is 0. The van der Waals surface area contributed by atoms with Gasteiger partial charge >= 0.3 is 5.97 Å². The fraction of sp³-hybridized carbons (Fsp3) is 0.441. The van der Waals surface area contributed by atoms with E-state index >= 15 is 0 Å². The number of nitrogens with one attached hydrogen (secondary N) is 1. The number of ether oxygens (including phenoxy) is 1. The normalized spacial score (nSPS) is 13.5. The van der Waals surface area contributed by atoms with Gasteiger partial charge in [0.15, 0.2) is 5.60 Å². The summed E-state index contributed by atoms with van der Waals surface area (Å²) in [4.78, 5) is 25.2. The van der Waals surface area contributed by atoms with Gasteiger partial charge in [0.25, 0.3) is 0 Å². The van der Waals surface area contributed by atoms with Crippen LogP contribution in [-0.2, 0) is 20.7 Å². The van der Waals surface area contributed by atoms with E-state index < -0.39 is 17.7 Å². The standard InChI is InChI=1S/C34H42N2O6/c1-19(2)9-13-27(26-12-10-20(3)15-21(26)4)35-30(37)17-24-11-14-28-25(16-24)18-29(40-28)32(41-34(7,8)33(38)39)31-22(5)36-42-23(31)6/h10-12,14-16,18-19,27,32H,9,13,17H2,1-8H3,(H,35,37)(H,38,39). The van der Waals surface area contributed by atoms with Gasteiger partial charge in [-0.1, -0.05) is 48.8 Å². The smallest absolute Gasteiger partial charge is 0.335 e. The molecule has 2 unspecified atom stereocenters. The van der Waals surface area contributed by atoms with Crippen LogP contribution in [0.2, 0.25) is 0 Å². The molecule has 0 radical (unpaired) electrons. The van der Waals surface area contributed by atoms with Crippen molar-refractivity contribution in [3.63, 3.8) is 0 Å². The number of aromatic nitrogens is 1. The molecule has 8 nitrogen and oxygen atoms in total. The van der Waals surface area contributed by atoms with E-state index in [2.05, 4.69) is 56.4 Å². The van der Waals surface area contributed by atoms with Crippen LogP contribution in [0.15, 0.2) is 51.4 Å². The molecule has 2 atom stereocenters. The van der Waals surface area contributed by atoms with Gasteiger partial charge in [0.05, 0.1) is 23.7 Å². The van der Waals surface area contributed by atoms with Crippen molar-refractivity contribution in [3.8, 4) is 0 Å². The van der Waals surface area contributed by atoms with Gasteiger partial charge in [-0.15, -0.1) is 0 Å². The van der Waals surface area contributed by atoms with E-state index in [-0.39, 0.29) is 18.4 Å². The Kier molecular flexibility index (Phi) is 9.26. The van der Waals surface area contributed by atoms with Gasteiger partial charge < -0.3 is 24.1 Å². The Labute approximate surface area is 247 Å². The second-order valence-corrected chi connectivity index (χ2v) is 12.2. The van der Waals surface area contributed by atoms with Crippen molar-refractivity contribution in [1.82, 2.24) is 10.5 Å². The minimum Gasteiger partial charge on any atom is -0.479 e. The molecule has 224 valence electrons. The van der Waals surface area contributed by atoms with Gasteiger partial charge in [-0.05, 0) is 95.2 Å². The quantitative estimate of drug-likeness (QED) is 0.180. The molecule has 0 aliphatic heterocycles. The molecule has 2 heterocycles. The highest BCUT2D eigenvalue weighted by atomic mass is 16.5. The van der Waals surface area contributed by atoms with E-state index in [0.29, 0.717) is 34.3 Å². The highest BCUT2D eigenvalue weighted by Crippen LogP contribution is 2.37. The summed E-state index contributed by atoms with van der Waals surface area (Å²) in [7, 11) is 0. The minimum atomic E-state index is -1.50. The fourth-order valence-corrected chi connectivity index (χ4v) is 5.27. The molecule has 0 aliphatic carbocycles. The van der Waals surface area contributed by atoms with Gasteiger partial charge in [0, 0.05) is 5.39 Å². The number of furan rings is 1. The largest absolute Gasteiger partial charge is 0.479 e. The third kappa shape index (κ3) is 7.10. The first-order valence-electron chi connectivity index (χ1n) is 14.5. The lowest BCUT2D eigenvalue weighted by Crippen LogP contribution is -2.36. The zero-order valence-corrected chi connectivity index (χ0v) is 25.8. The topological polar surface area (TPSA) is 115 Å². The number of carbonyl (C=O) groups is 2. The molecule has 0 aliphatic rings. The van der Waals surface area contributed by atoms with Crippen molar-refractivity contribution in [2.24, 2.45) is 5.92 Å². The lowest BCUT2D eigenvalue weighted by Gasteiger charge is -2.26. The van der Waals surface area contributed by atoms with Gasteiger partial charge in [-0.2, -0.15) is 0 Å². The molecule has 2 N–H and O–H groups in total. The third-order valence-corrected chi connectivity index (χ3v) is 7.67. The summed E-state index contributed by atoms with van der Waals surface area (Å²) in [5, 5.41) is 17.8. The SMILES string of the molecule is Cc1ccc(C(CCC(C)C)NC(=O)Cc2ccc3oc(C(OC(C)(C)C(=O)O)c4c(C)noc4C)cc3c2)c(C)c1. The van der Waals surface area contributed by atoms with Gasteiger partial charge in [0.1, 0.15) is 23.2 Å². The molecule has 8 heteroatoms. The molecule has 0 fully saturated rings. The van der Waals surface area contributed by atoms with E-state index in [1.54, 1.807) is 13.8 Å². The monoisotopic (exact) mass is 574 g/mol. The van der Waals surface area contributed by atoms with Crippen LogP contribution in [0.3, 0.4) is 0 Å². The maximum atomic E-state index is 13.3. The van der Waals surface area contributed by atoms with E-state index in [1.165, 1.54) is 25.0 Å². The summed E-state index contributed by atoms with van der Waals surface area (Å²) < 4.78 is 17.6. The second-order valence-electron chi connectivity index (χ2n) is 12.2. The van der Waals surface area contributed by atoms with Crippen LogP contribution >= 0.6 is 0 Å². The molecule has 0 bridgehead atoms. The summed E-state index contributed by atoms with van der Waals surface area (Å²) in [6.45, 7) is 15.1. The Bertz CT molecular complexity index is 1560. The predicted octanol–water partition coefficient (Wildman–Crippen LogP) is 7.46. The Hall–Kier alpha value is -3.91. The molecule has 4 rings (SSSR count). The van der Waals surface area contributed by atoms with E-state index in [0.717, 1.165) is 29.4 Å². The number of carbonyl (C=O) groups excluding carboxylic acids is 1. The summed E-state index contributed by atoms with van der Waals surface area (Å²) in [5.41, 5.74) is 4.70. The Balaban J connectivity index is 1.59. The van der Waals surface area contributed by atoms with Gasteiger partial charge in [-0.25, -0.2) is 4.79 Å². The third-order valence-electron chi connectivity index (χ3n) is 7.67.